The minimum atomic E-state index is -0.990. The van der Waals surface area contributed by atoms with E-state index in [-0.39, 0.29) is 12.8 Å². The molecule has 0 aliphatic carbocycles. The highest BCUT2D eigenvalue weighted by atomic mass is 19.1. The average Bonchev–Trinajstić information content (AvgIpc) is 2.16. The maximum absolute atomic E-state index is 12.8. The van der Waals surface area contributed by atoms with Gasteiger partial charge in [0.05, 0.1) is 18.6 Å². The summed E-state index contributed by atoms with van der Waals surface area (Å²) in [6.45, 7) is 0. The molecule has 3 nitrogen and oxygen atoms in total. The van der Waals surface area contributed by atoms with Crippen molar-refractivity contribution in [2.75, 3.05) is 0 Å². The van der Waals surface area contributed by atoms with Crippen LogP contribution in [-0.4, -0.2) is 17.3 Å². The Labute approximate surface area is 92.1 Å². The zero-order valence-corrected chi connectivity index (χ0v) is 8.53. The second-order valence-electron chi connectivity index (χ2n) is 3.58. The van der Waals surface area contributed by atoms with Crippen LogP contribution in [-0.2, 0) is 6.42 Å². The van der Waals surface area contributed by atoms with Crippen LogP contribution in [0.15, 0.2) is 18.2 Å². The van der Waals surface area contributed by atoms with Crippen LogP contribution in [0.4, 0.5) is 8.78 Å². The second-order valence-corrected chi connectivity index (χ2v) is 3.58. The zero-order valence-electron chi connectivity index (χ0n) is 8.53. The number of halogens is 2. The predicted molar refractivity (Wildman–Crippen MR) is 54.3 cm³/mol. The number of hydrogen-bond acceptors (Lipinski definition) is 3. The van der Waals surface area contributed by atoms with Gasteiger partial charge in [-0.25, -0.2) is 8.78 Å². The van der Waals surface area contributed by atoms with Gasteiger partial charge in [0.25, 0.3) is 0 Å². The SMILES string of the molecule is N#CC[C@H](O)[C@@H](N)Cc1cc(F)cc(F)c1. The van der Waals surface area contributed by atoms with Crippen molar-refractivity contribution in [1.82, 2.24) is 0 Å². The van der Waals surface area contributed by atoms with Crippen LogP contribution in [0.3, 0.4) is 0 Å². The first kappa shape index (κ1) is 12.6. The molecule has 0 aliphatic rings. The summed E-state index contributed by atoms with van der Waals surface area (Å²) in [4.78, 5) is 0. The van der Waals surface area contributed by atoms with Crippen LogP contribution in [0.25, 0.3) is 0 Å². The number of nitrogens with zero attached hydrogens (tertiary/aromatic N) is 1. The molecule has 1 aromatic rings. The van der Waals surface area contributed by atoms with Gasteiger partial charge in [-0.2, -0.15) is 5.26 Å². The van der Waals surface area contributed by atoms with Crippen molar-refractivity contribution in [2.24, 2.45) is 5.73 Å². The topological polar surface area (TPSA) is 70.0 Å². The predicted octanol–water partition coefficient (Wildman–Crippen LogP) is 1.11. The molecule has 0 saturated carbocycles. The number of rotatable bonds is 4. The standard InChI is InChI=1S/C11H12F2N2O/c12-8-3-7(4-9(13)6-8)5-10(15)11(16)1-2-14/h3-4,6,10-11,16H,1,5,15H2/t10-,11-/m0/s1. The van der Waals surface area contributed by atoms with Gasteiger partial charge in [0.1, 0.15) is 11.6 Å². The van der Waals surface area contributed by atoms with E-state index in [4.69, 9.17) is 11.0 Å². The molecule has 2 atom stereocenters. The van der Waals surface area contributed by atoms with E-state index in [1.807, 2.05) is 0 Å². The molecule has 3 N–H and O–H groups in total. The lowest BCUT2D eigenvalue weighted by molar-refractivity contribution is 0.148. The van der Waals surface area contributed by atoms with E-state index >= 15 is 0 Å². The summed E-state index contributed by atoms with van der Waals surface area (Å²) in [5.74, 6) is -1.37. The number of nitrogens with two attached hydrogens (primary N) is 1. The highest BCUT2D eigenvalue weighted by Crippen LogP contribution is 2.11. The van der Waals surface area contributed by atoms with Crippen LogP contribution in [0, 0.1) is 23.0 Å². The third-order valence-electron chi connectivity index (χ3n) is 2.19. The number of nitriles is 1. The summed E-state index contributed by atoms with van der Waals surface area (Å²) in [6.07, 6.45) is -0.965. The van der Waals surface area contributed by atoms with Crippen LogP contribution < -0.4 is 5.73 Å². The molecule has 0 amide bonds. The van der Waals surface area contributed by atoms with Gasteiger partial charge >= 0.3 is 0 Å². The van der Waals surface area contributed by atoms with E-state index in [1.165, 1.54) is 0 Å². The van der Waals surface area contributed by atoms with Gasteiger partial charge in [0.15, 0.2) is 0 Å². The Morgan fingerprint density at radius 1 is 1.31 bits per heavy atom. The van der Waals surface area contributed by atoms with Crippen LogP contribution in [0.1, 0.15) is 12.0 Å². The Hall–Kier alpha value is -1.51. The van der Waals surface area contributed by atoms with Crippen LogP contribution >= 0.6 is 0 Å². The fourth-order valence-corrected chi connectivity index (χ4v) is 1.38. The molecular formula is C11H12F2N2O. The third kappa shape index (κ3) is 3.57. The summed E-state index contributed by atoms with van der Waals surface area (Å²) in [5, 5.41) is 17.7. The summed E-state index contributed by atoms with van der Waals surface area (Å²) >= 11 is 0. The highest BCUT2D eigenvalue weighted by molar-refractivity contribution is 5.19. The van der Waals surface area contributed by atoms with Gasteiger partial charge in [0, 0.05) is 12.1 Å². The molecule has 0 radical (unpaired) electrons. The van der Waals surface area contributed by atoms with Gasteiger partial charge in [-0.05, 0) is 24.1 Å². The van der Waals surface area contributed by atoms with E-state index in [0.29, 0.717) is 5.56 Å². The Morgan fingerprint density at radius 2 is 1.88 bits per heavy atom. The van der Waals surface area contributed by atoms with Gasteiger partial charge in [-0.1, -0.05) is 0 Å². The van der Waals surface area contributed by atoms with E-state index in [1.54, 1.807) is 6.07 Å². The van der Waals surface area contributed by atoms with Gasteiger partial charge < -0.3 is 10.8 Å². The Balaban J connectivity index is 2.69. The molecule has 86 valence electrons. The smallest absolute Gasteiger partial charge is 0.126 e. The second kappa shape index (κ2) is 5.54. The summed E-state index contributed by atoms with van der Waals surface area (Å²) < 4.78 is 25.7. The van der Waals surface area contributed by atoms with Crippen molar-refractivity contribution in [1.29, 1.82) is 5.26 Å². The minimum Gasteiger partial charge on any atom is -0.390 e. The fourth-order valence-electron chi connectivity index (χ4n) is 1.38. The van der Waals surface area contributed by atoms with E-state index in [0.717, 1.165) is 18.2 Å². The molecule has 0 saturated heterocycles. The Kier molecular flexibility index (Phi) is 4.35. The van der Waals surface area contributed by atoms with Crippen molar-refractivity contribution < 1.29 is 13.9 Å². The van der Waals surface area contributed by atoms with E-state index < -0.39 is 23.8 Å². The quantitative estimate of drug-likeness (QED) is 0.807. The lowest BCUT2D eigenvalue weighted by Crippen LogP contribution is -2.36. The largest absolute Gasteiger partial charge is 0.390 e. The van der Waals surface area contributed by atoms with Crippen molar-refractivity contribution >= 4 is 0 Å². The first-order chi connectivity index (χ1) is 7.52. The van der Waals surface area contributed by atoms with Crippen LogP contribution in [0.5, 0.6) is 0 Å². The van der Waals surface area contributed by atoms with Crippen molar-refractivity contribution in [3.8, 4) is 6.07 Å². The number of aliphatic hydroxyl groups excluding tert-OH is 1. The van der Waals surface area contributed by atoms with Crippen molar-refractivity contribution in [3.63, 3.8) is 0 Å². The molecular weight excluding hydrogens is 214 g/mol. The van der Waals surface area contributed by atoms with Crippen molar-refractivity contribution in [3.05, 3.63) is 35.4 Å². The minimum absolute atomic E-state index is 0.0982. The fraction of sp³-hybridized carbons (Fsp3) is 0.364. The monoisotopic (exact) mass is 226 g/mol. The number of benzene rings is 1. The van der Waals surface area contributed by atoms with E-state index in [2.05, 4.69) is 0 Å². The Bertz CT molecular complexity index is 383. The van der Waals surface area contributed by atoms with Gasteiger partial charge in [-0.15, -0.1) is 0 Å². The van der Waals surface area contributed by atoms with Gasteiger partial charge in [-0.3, -0.25) is 0 Å². The normalized spacial score (nSPS) is 14.2. The first-order valence-electron chi connectivity index (χ1n) is 4.78. The molecule has 0 aliphatic heterocycles. The zero-order chi connectivity index (χ0) is 12.1. The molecule has 16 heavy (non-hydrogen) atoms. The first-order valence-corrected chi connectivity index (χ1v) is 4.78. The van der Waals surface area contributed by atoms with Crippen LogP contribution in [0.2, 0.25) is 0 Å². The van der Waals surface area contributed by atoms with E-state index in [9.17, 15) is 13.9 Å². The lowest BCUT2D eigenvalue weighted by Gasteiger charge is -2.16. The maximum atomic E-state index is 12.8. The summed E-state index contributed by atoms with van der Waals surface area (Å²) in [6, 6.07) is 4.15. The summed E-state index contributed by atoms with van der Waals surface area (Å²) in [7, 11) is 0. The molecule has 1 rings (SSSR count). The summed E-state index contributed by atoms with van der Waals surface area (Å²) in [5.41, 5.74) is 5.95. The third-order valence-corrected chi connectivity index (χ3v) is 2.19. The molecule has 5 heteroatoms. The molecule has 0 spiro atoms. The molecule has 0 unspecified atom stereocenters. The molecule has 0 heterocycles. The Morgan fingerprint density at radius 3 is 2.38 bits per heavy atom. The number of aliphatic hydroxyl groups is 1. The highest BCUT2D eigenvalue weighted by Gasteiger charge is 2.15. The maximum Gasteiger partial charge on any atom is 0.126 e. The lowest BCUT2D eigenvalue weighted by atomic mass is 10.0. The molecule has 0 aromatic heterocycles. The molecule has 1 aromatic carbocycles. The number of hydrogen-bond donors (Lipinski definition) is 2. The van der Waals surface area contributed by atoms with Crippen molar-refractivity contribution in [2.45, 2.75) is 25.0 Å². The molecule has 0 fully saturated rings. The average molecular weight is 226 g/mol. The molecule has 0 bridgehead atoms. The van der Waals surface area contributed by atoms with Gasteiger partial charge in [0.2, 0.25) is 0 Å².